The van der Waals surface area contributed by atoms with Crippen molar-refractivity contribution in [3.8, 4) is 11.5 Å². The Balaban J connectivity index is 1.62. The number of thiophene rings is 1. The van der Waals surface area contributed by atoms with E-state index in [1.165, 1.54) is 0 Å². The molecule has 0 atom stereocenters. The number of nitrogens with one attached hydrogen (secondary N) is 1. The Morgan fingerprint density at radius 2 is 1.97 bits per heavy atom. The van der Waals surface area contributed by atoms with Crippen LogP contribution in [0.4, 0.5) is 11.6 Å². The summed E-state index contributed by atoms with van der Waals surface area (Å²) in [5.74, 6) is 0.591. The minimum Gasteiger partial charge on any atom is -0.454 e. The van der Waals surface area contributed by atoms with E-state index in [1.54, 1.807) is 37.3 Å². The number of carbonyl (C=O) groups is 1. The van der Waals surface area contributed by atoms with Crippen LogP contribution in [0.3, 0.4) is 0 Å². The lowest BCUT2D eigenvalue weighted by Crippen LogP contribution is -2.16. The van der Waals surface area contributed by atoms with E-state index in [1.807, 2.05) is 25.1 Å². The van der Waals surface area contributed by atoms with Gasteiger partial charge in [0.15, 0.2) is 17.3 Å². The monoisotopic (exact) mass is 533 g/mol. The van der Waals surface area contributed by atoms with Crippen molar-refractivity contribution in [1.82, 2.24) is 5.16 Å². The number of sulfonamides is 1. The van der Waals surface area contributed by atoms with E-state index in [-0.39, 0.29) is 39.7 Å². The molecule has 0 spiro atoms. The lowest BCUT2D eigenvalue weighted by molar-refractivity contribution is 0.0994. The number of ether oxygens (including phenoxy) is 2. The summed E-state index contributed by atoms with van der Waals surface area (Å²) in [5, 5.41) is 4.17. The summed E-state index contributed by atoms with van der Waals surface area (Å²) in [6, 6.07) is 10.5. The average Bonchev–Trinajstić information content (AvgIpc) is 3.52. The maximum Gasteiger partial charge on any atom is 0.266 e. The second-order valence-electron chi connectivity index (χ2n) is 8.11. The standard InChI is InChI=1S/C23H20ClN3O6S2/c1-12-19(24)23(33-25-12)26-35(29,30)22-14-5-4-6-15(27(2)3)20(14)34-21(22)16(28)9-13-7-8-17-18(10-13)32-11-31-17/h4-8,10,26H,9,11H2,1-3H3. The number of ketones is 1. The number of fused-ring (bicyclic) bond motifs is 2. The normalized spacial score (nSPS) is 12.8. The molecular formula is C23H20ClN3O6S2. The summed E-state index contributed by atoms with van der Waals surface area (Å²) in [6.45, 7) is 1.71. The van der Waals surface area contributed by atoms with Gasteiger partial charge in [0.1, 0.15) is 15.6 Å². The van der Waals surface area contributed by atoms with Crippen molar-refractivity contribution in [1.29, 1.82) is 0 Å². The molecule has 0 bridgehead atoms. The Kier molecular flexibility index (Phi) is 5.86. The highest BCUT2D eigenvalue weighted by Gasteiger charge is 2.31. The molecule has 0 fully saturated rings. The first kappa shape index (κ1) is 23.5. The molecule has 5 rings (SSSR count). The smallest absolute Gasteiger partial charge is 0.266 e. The number of hydrogen-bond donors (Lipinski definition) is 1. The predicted molar refractivity (Wildman–Crippen MR) is 134 cm³/mol. The molecule has 0 unspecified atom stereocenters. The first-order chi connectivity index (χ1) is 16.7. The van der Waals surface area contributed by atoms with Crippen molar-refractivity contribution >= 4 is 60.4 Å². The van der Waals surface area contributed by atoms with Gasteiger partial charge >= 0.3 is 0 Å². The predicted octanol–water partition coefficient (Wildman–Crippen LogP) is 4.87. The topological polar surface area (TPSA) is 111 Å². The highest BCUT2D eigenvalue weighted by molar-refractivity contribution is 7.93. The van der Waals surface area contributed by atoms with Gasteiger partial charge < -0.3 is 18.9 Å². The molecule has 2 aromatic carbocycles. The Morgan fingerprint density at radius 1 is 1.20 bits per heavy atom. The highest BCUT2D eigenvalue weighted by atomic mass is 35.5. The average molecular weight is 534 g/mol. The van der Waals surface area contributed by atoms with E-state index in [9.17, 15) is 13.2 Å². The van der Waals surface area contributed by atoms with Gasteiger partial charge in [-0.25, -0.2) is 13.1 Å². The van der Waals surface area contributed by atoms with Gasteiger partial charge in [-0.2, -0.15) is 0 Å². The zero-order valence-corrected chi connectivity index (χ0v) is 21.3. The minimum atomic E-state index is -4.27. The third-order valence-corrected chi connectivity index (χ3v) is 8.73. The number of aryl methyl sites for hydroxylation is 1. The molecule has 1 N–H and O–H groups in total. The van der Waals surface area contributed by atoms with Gasteiger partial charge in [-0.3, -0.25) is 4.79 Å². The Hall–Kier alpha value is -3.28. The minimum absolute atomic E-state index is 0.0224. The molecule has 1 aliphatic rings. The van der Waals surface area contributed by atoms with E-state index < -0.39 is 10.0 Å². The lowest BCUT2D eigenvalue weighted by Gasteiger charge is -2.13. The van der Waals surface area contributed by atoms with Gasteiger partial charge in [-0.1, -0.05) is 35.0 Å². The van der Waals surface area contributed by atoms with Crippen molar-refractivity contribution < 1.29 is 27.2 Å². The van der Waals surface area contributed by atoms with Gasteiger partial charge in [-0.15, -0.1) is 11.3 Å². The summed E-state index contributed by atoms with van der Waals surface area (Å²) in [4.78, 5) is 15.4. The fourth-order valence-corrected chi connectivity index (χ4v) is 7.02. The number of anilines is 2. The van der Waals surface area contributed by atoms with Crippen LogP contribution >= 0.6 is 22.9 Å². The quantitative estimate of drug-likeness (QED) is 0.335. The Bertz CT molecular complexity index is 1580. The molecule has 4 aromatic rings. The summed E-state index contributed by atoms with van der Waals surface area (Å²) >= 11 is 7.27. The van der Waals surface area contributed by atoms with Crippen LogP contribution in [0.1, 0.15) is 20.9 Å². The largest absolute Gasteiger partial charge is 0.454 e. The molecule has 0 saturated carbocycles. The first-order valence-corrected chi connectivity index (χ1v) is 13.1. The molecule has 0 aliphatic carbocycles. The van der Waals surface area contributed by atoms with Crippen LogP contribution in [0.5, 0.6) is 11.5 Å². The van der Waals surface area contributed by atoms with Crippen LogP contribution in [0.25, 0.3) is 10.1 Å². The first-order valence-electron chi connectivity index (χ1n) is 10.4. The van der Waals surface area contributed by atoms with Crippen LogP contribution in [0.2, 0.25) is 5.02 Å². The van der Waals surface area contributed by atoms with E-state index in [0.717, 1.165) is 17.0 Å². The van der Waals surface area contributed by atoms with Crippen LogP contribution in [-0.2, 0) is 16.4 Å². The summed E-state index contributed by atoms with van der Waals surface area (Å²) < 4.78 is 46.0. The highest BCUT2D eigenvalue weighted by Crippen LogP contribution is 2.42. The van der Waals surface area contributed by atoms with Gasteiger partial charge in [0.25, 0.3) is 15.9 Å². The zero-order chi connectivity index (χ0) is 24.9. The van der Waals surface area contributed by atoms with Crippen LogP contribution in [0.15, 0.2) is 45.8 Å². The van der Waals surface area contributed by atoms with Gasteiger partial charge in [0.2, 0.25) is 6.79 Å². The molecule has 35 heavy (non-hydrogen) atoms. The lowest BCUT2D eigenvalue weighted by atomic mass is 10.1. The second kappa shape index (κ2) is 8.74. The van der Waals surface area contributed by atoms with E-state index in [4.69, 9.17) is 25.6 Å². The summed E-state index contributed by atoms with van der Waals surface area (Å²) in [7, 11) is -0.561. The fraction of sp³-hybridized carbons (Fsp3) is 0.217. The number of carbonyl (C=O) groups excluding carboxylic acids is 1. The van der Waals surface area contributed by atoms with Crippen molar-refractivity contribution in [3.63, 3.8) is 0 Å². The maximum absolute atomic E-state index is 13.6. The van der Waals surface area contributed by atoms with Crippen molar-refractivity contribution in [2.24, 2.45) is 0 Å². The molecule has 2 aromatic heterocycles. The molecule has 12 heteroatoms. The van der Waals surface area contributed by atoms with Crippen molar-refractivity contribution in [2.45, 2.75) is 18.2 Å². The van der Waals surface area contributed by atoms with Gasteiger partial charge in [0, 0.05) is 25.9 Å². The summed E-state index contributed by atoms with van der Waals surface area (Å²) in [6.07, 6.45) is -0.0224. The number of benzene rings is 2. The van der Waals surface area contributed by atoms with Crippen molar-refractivity contribution in [2.75, 3.05) is 30.5 Å². The number of nitrogens with zero attached hydrogens (tertiary/aromatic N) is 2. The number of hydrogen-bond acceptors (Lipinski definition) is 9. The summed E-state index contributed by atoms with van der Waals surface area (Å²) in [5.41, 5.74) is 1.81. The molecule has 9 nitrogen and oxygen atoms in total. The van der Waals surface area contributed by atoms with E-state index in [2.05, 4.69) is 9.88 Å². The molecular weight excluding hydrogens is 514 g/mol. The number of aromatic nitrogens is 1. The molecule has 1 aliphatic heterocycles. The third-order valence-electron chi connectivity index (χ3n) is 5.47. The number of rotatable bonds is 7. The zero-order valence-electron chi connectivity index (χ0n) is 18.9. The maximum atomic E-state index is 13.6. The molecule has 3 heterocycles. The van der Waals surface area contributed by atoms with Crippen LogP contribution < -0.4 is 19.1 Å². The van der Waals surface area contributed by atoms with Gasteiger partial charge in [0.05, 0.1) is 15.3 Å². The fourth-order valence-electron chi connectivity index (χ4n) is 3.80. The van der Waals surface area contributed by atoms with E-state index in [0.29, 0.717) is 32.8 Å². The Morgan fingerprint density at radius 3 is 2.69 bits per heavy atom. The third kappa shape index (κ3) is 4.19. The molecule has 0 saturated heterocycles. The number of halogens is 1. The molecule has 0 radical (unpaired) electrons. The molecule has 182 valence electrons. The van der Waals surface area contributed by atoms with Crippen LogP contribution in [0, 0.1) is 6.92 Å². The van der Waals surface area contributed by atoms with E-state index >= 15 is 0 Å². The SMILES string of the molecule is Cc1noc(NS(=O)(=O)c2c(C(=O)Cc3ccc4c(c3)OCO4)sc3c(N(C)C)cccc23)c1Cl. The second-order valence-corrected chi connectivity index (χ2v) is 11.1. The molecule has 0 amide bonds. The van der Waals surface area contributed by atoms with Gasteiger partial charge in [-0.05, 0) is 30.7 Å². The van der Waals surface area contributed by atoms with Crippen molar-refractivity contribution in [3.05, 3.63) is 57.6 Å². The van der Waals surface area contributed by atoms with Crippen LogP contribution in [-0.4, -0.2) is 40.2 Å². The Labute approximate surface area is 210 Å². The number of Topliss-reactive ketones (excluding diaryl/α,β-unsaturated/α-hetero) is 1.